The van der Waals surface area contributed by atoms with E-state index in [9.17, 15) is 5.11 Å². The highest BCUT2D eigenvalue weighted by Gasteiger charge is 2.06. The average molecular weight is 250 g/mol. The summed E-state index contributed by atoms with van der Waals surface area (Å²) in [7, 11) is 0. The van der Waals surface area contributed by atoms with Crippen LogP contribution in [-0.2, 0) is 6.42 Å². The summed E-state index contributed by atoms with van der Waals surface area (Å²) in [5.74, 6) is 0.750. The Kier molecular flexibility index (Phi) is 4.45. The standard InChI is InChI=1S/C13H14OS2/c14-12(8-11-6-7-15-9-11)10-16-13-4-2-1-3-5-13/h1-7,9,12,14H,8,10H2. The summed E-state index contributed by atoms with van der Waals surface area (Å²) in [6, 6.07) is 12.3. The van der Waals surface area contributed by atoms with Crippen LogP contribution in [0.3, 0.4) is 0 Å². The highest BCUT2D eigenvalue weighted by molar-refractivity contribution is 7.99. The summed E-state index contributed by atoms with van der Waals surface area (Å²) >= 11 is 3.38. The number of thioether (sulfide) groups is 1. The van der Waals surface area contributed by atoms with E-state index in [0.29, 0.717) is 0 Å². The molecule has 84 valence electrons. The first-order valence-corrected chi connectivity index (χ1v) is 7.14. The fraction of sp³-hybridized carbons (Fsp3) is 0.231. The molecule has 0 fully saturated rings. The molecular formula is C13H14OS2. The van der Waals surface area contributed by atoms with Crippen molar-refractivity contribution in [1.82, 2.24) is 0 Å². The maximum atomic E-state index is 9.87. The van der Waals surface area contributed by atoms with Crippen LogP contribution < -0.4 is 0 Å². The Hall–Kier alpha value is -0.770. The summed E-state index contributed by atoms with van der Waals surface area (Å²) in [4.78, 5) is 1.21. The van der Waals surface area contributed by atoms with Gasteiger partial charge >= 0.3 is 0 Å². The molecule has 0 aliphatic heterocycles. The maximum Gasteiger partial charge on any atom is 0.0674 e. The molecule has 1 unspecified atom stereocenters. The van der Waals surface area contributed by atoms with Gasteiger partial charge in [-0.1, -0.05) is 18.2 Å². The van der Waals surface area contributed by atoms with Crippen molar-refractivity contribution in [3.8, 4) is 0 Å². The van der Waals surface area contributed by atoms with Gasteiger partial charge in [0.15, 0.2) is 0 Å². The molecule has 0 aliphatic carbocycles. The van der Waals surface area contributed by atoms with Crippen molar-refractivity contribution in [1.29, 1.82) is 0 Å². The second-order valence-electron chi connectivity index (χ2n) is 3.61. The fourth-order valence-corrected chi connectivity index (χ4v) is 2.98. The SMILES string of the molecule is OC(CSc1ccccc1)Cc1ccsc1. The van der Waals surface area contributed by atoms with E-state index in [1.54, 1.807) is 23.1 Å². The van der Waals surface area contributed by atoms with Crippen molar-refractivity contribution in [3.05, 3.63) is 52.7 Å². The zero-order valence-corrected chi connectivity index (χ0v) is 10.5. The quantitative estimate of drug-likeness (QED) is 0.820. The molecule has 0 aliphatic rings. The second kappa shape index (κ2) is 6.09. The number of aliphatic hydroxyl groups is 1. The Balaban J connectivity index is 1.78. The molecule has 2 aromatic rings. The third-order valence-corrected chi connectivity index (χ3v) is 4.13. The molecule has 1 aromatic carbocycles. The van der Waals surface area contributed by atoms with Crippen LogP contribution in [0.15, 0.2) is 52.1 Å². The molecule has 0 saturated carbocycles. The Bertz CT molecular complexity index is 397. The van der Waals surface area contributed by atoms with E-state index in [1.165, 1.54) is 10.5 Å². The molecule has 1 atom stereocenters. The third-order valence-electron chi connectivity index (χ3n) is 2.24. The van der Waals surface area contributed by atoms with E-state index >= 15 is 0 Å². The van der Waals surface area contributed by atoms with Crippen LogP contribution >= 0.6 is 23.1 Å². The Morgan fingerprint density at radius 2 is 2.00 bits per heavy atom. The fourth-order valence-electron chi connectivity index (χ4n) is 1.45. The van der Waals surface area contributed by atoms with Gasteiger partial charge in [0.2, 0.25) is 0 Å². The van der Waals surface area contributed by atoms with Gasteiger partial charge in [0.05, 0.1) is 6.10 Å². The summed E-state index contributed by atoms with van der Waals surface area (Å²) in [6.07, 6.45) is 0.489. The predicted octanol–water partition coefficient (Wildman–Crippen LogP) is 3.44. The highest BCUT2D eigenvalue weighted by atomic mass is 32.2. The molecule has 3 heteroatoms. The Morgan fingerprint density at radius 1 is 1.19 bits per heavy atom. The molecule has 0 saturated heterocycles. The lowest BCUT2D eigenvalue weighted by atomic mass is 10.2. The zero-order chi connectivity index (χ0) is 11.2. The molecule has 16 heavy (non-hydrogen) atoms. The van der Waals surface area contributed by atoms with Gasteiger partial charge in [-0.25, -0.2) is 0 Å². The minimum atomic E-state index is -0.264. The average Bonchev–Trinajstić information content (AvgIpc) is 2.81. The topological polar surface area (TPSA) is 20.2 Å². The first-order chi connectivity index (χ1) is 7.84. The summed E-state index contributed by atoms with van der Waals surface area (Å²) in [5, 5.41) is 14.0. The first kappa shape index (κ1) is 11.7. The molecule has 1 aromatic heterocycles. The van der Waals surface area contributed by atoms with E-state index in [4.69, 9.17) is 0 Å². The van der Waals surface area contributed by atoms with Gasteiger partial charge in [-0.3, -0.25) is 0 Å². The molecule has 0 spiro atoms. The van der Waals surface area contributed by atoms with E-state index in [2.05, 4.69) is 23.6 Å². The van der Waals surface area contributed by atoms with E-state index in [1.807, 2.05) is 23.6 Å². The minimum absolute atomic E-state index is 0.264. The molecule has 2 rings (SSSR count). The van der Waals surface area contributed by atoms with Gasteiger partial charge in [0, 0.05) is 10.6 Å². The van der Waals surface area contributed by atoms with Gasteiger partial charge in [-0.05, 0) is 40.9 Å². The van der Waals surface area contributed by atoms with Crippen LogP contribution in [0.4, 0.5) is 0 Å². The van der Waals surface area contributed by atoms with Crippen LogP contribution in [-0.4, -0.2) is 17.0 Å². The van der Waals surface area contributed by atoms with Crippen LogP contribution in [0.1, 0.15) is 5.56 Å². The smallest absolute Gasteiger partial charge is 0.0674 e. The number of aliphatic hydroxyl groups excluding tert-OH is 1. The summed E-state index contributed by atoms with van der Waals surface area (Å²) in [5.41, 5.74) is 1.23. The lowest BCUT2D eigenvalue weighted by molar-refractivity contribution is 0.200. The summed E-state index contributed by atoms with van der Waals surface area (Å²) < 4.78 is 0. The van der Waals surface area contributed by atoms with E-state index in [-0.39, 0.29) is 6.10 Å². The van der Waals surface area contributed by atoms with Crippen molar-refractivity contribution in [2.75, 3.05) is 5.75 Å². The molecule has 1 nitrogen and oxygen atoms in total. The van der Waals surface area contributed by atoms with Crippen molar-refractivity contribution in [3.63, 3.8) is 0 Å². The van der Waals surface area contributed by atoms with Crippen LogP contribution in [0.2, 0.25) is 0 Å². The summed E-state index contributed by atoms with van der Waals surface area (Å²) in [6.45, 7) is 0. The van der Waals surface area contributed by atoms with Gasteiger partial charge < -0.3 is 5.11 Å². The van der Waals surface area contributed by atoms with E-state index in [0.717, 1.165) is 12.2 Å². The number of thiophene rings is 1. The largest absolute Gasteiger partial charge is 0.392 e. The van der Waals surface area contributed by atoms with Gasteiger partial charge in [0.25, 0.3) is 0 Å². The highest BCUT2D eigenvalue weighted by Crippen LogP contribution is 2.19. The Labute approximate surface area is 104 Å². The number of hydrogen-bond acceptors (Lipinski definition) is 3. The number of hydrogen-bond donors (Lipinski definition) is 1. The third kappa shape index (κ3) is 3.67. The normalized spacial score (nSPS) is 12.6. The zero-order valence-electron chi connectivity index (χ0n) is 8.87. The van der Waals surface area contributed by atoms with Crippen molar-refractivity contribution >= 4 is 23.1 Å². The molecule has 0 bridgehead atoms. The number of rotatable bonds is 5. The lowest BCUT2D eigenvalue weighted by Gasteiger charge is -2.08. The number of benzene rings is 1. The Morgan fingerprint density at radius 3 is 2.69 bits per heavy atom. The second-order valence-corrected chi connectivity index (χ2v) is 5.49. The molecule has 0 amide bonds. The molecule has 1 heterocycles. The first-order valence-electron chi connectivity index (χ1n) is 5.21. The van der Waals surface area contributed by atoms with E-state index < -0.39 is 0 Å². The lowest BCUT2D eigenvalue weighted by Crippen LogP contribution is -2.12. The monoisotopic (exact) mass is 250 g/mol. The van der Waals surface area contributed by atoms with Crippen LogP contribution in [0.5, 0.6) is 0 Å². The minimum Gasteiger partial charge on any atom is -0.392 e. The van der Waals surface area contributed by atoms with Gasteiger partial charge in [-0.2, -0.15) is 11.3 Å². The molecule has 1 N–H and O–H groups in total. The van der Waals surface area contributed by atoms with Crippen molar-refractivity contribution in [2.24, 2.45) is 0 Å². The van der Waals surface area contributed by atoms with Crippen molar-refractivity contribution < 1.29 is 5.11 Å². The van der Waals surface area contributed by atoms with Gasteiger partial charge in [-0.15, -0.1) is 11.8 Å². The molecular weight excluding hydrogens is 236 g/mol. The van der Waals surface area contributed by atoms with Gasteiger partial charge in [0.1, 0.15) is 0 Å². The predicted molar refractivity (Wildman–Crippen MR) is 71.2 cm³/mol. The maximum absolute atomic E-state index is 9.87. The van der Waals surface area contributed by atoms with Crippen LogP contribution in [0, 0.1) is 0 Å². The van der Waals surface area contributed by atoms with Crippen LogP contribution in [0.25, 0.3) is 0 Å². The molecule has 0 radical (unpaired) electrons. The van der Waals surface area contributed by atoms with Crippen molar-refractivity contribution in [2.45, 2.75) is 17.4 Å².